The number of anilines is 1. The van der Waals surface area contributed by atoms with Gasteiger partial charge in [-0.3, -0.25) is 13.9 Å². The van der Waals surface area contributed by atoms with Gasteiger partial charge in [0.25, 0.3) is 0 Å². The number of benzene rings is 3. The molecule has 0 spiro atoms. The molecule has 1 atom stereocenters. The van der Waals surface area contributed by atoms with Gasteiger partial charge < -0.3 is 15.0 Å². The van der Waals surface area contributed by atoms with E-state index in [0.717, 1.165) is 33.7 Å². The Labute approximate surface area is 250 Å². The standard InChI is InChI=1S/C33H43N3O5S/c1-7-20-34-32(38)30(22-25-12-9-8-10-13-25)35(23-26-14-11-15-29(21-26)41-5)31(37)24-36(42(6,39)40)28-18-16-27(17-19-28)33(2,3)4/h8-19,21,30H,7,20,22-24H2,1-6H3,(H,34,38). The molecule has 1 unspecified atom stereocenters. The first-order chi connectivity index (χ1) is 19.8. The quantitative estimate of drug-likeness (QED) is 0.303. The molecule has 8 nitrogen and oxygen atoms in total. The number of amides is 2. The summed E-state index contributed by atoms with van der Waals surface area (Å²) in [5, 5.41) is 2.94. The lowest BCUT2D eigenvalue weighted by atomic mass is 9.87. The highest BCUT2D eigenvalue weighted by Gasteiger charge is 2.33. The number of methoxy groups -OCH3 is 1. The normalized spacial score (nSPS) is 12.3. The lowest BCUT2D eigenvalue weighted by molar-refractivity contribution is -0.140. The fourth-order valence-electron chi connectivity index (χ4n) is 4.63. The third-order valence-corrected chi connectivity index (χ3v) is 8.15. The summed E-state index contributed by atoms with van der Waals surface area (Å²) in [7, 11) is -2.27. The minimum absolute atomic E-state index is 0.0909. The van der Waals surface area contributed by atoms with Crippen molar-refractivity contribution in [3.05, 3.63) is 95.6 Å². The van der Waals surface area contributed by atoms with E-state index in [4.69, 9.17) is 4.74 Å². The third kappa shape index (κ3) is 9.08. The van der Waals surface area contributed by atoms with Gasteiger partial charge in [0, 0.05) is 19.5 Å². The summed E-state index contributed by atoms with van der Waals surface area (Å²) >= 11 is 0. The van der Waals surface area contributed by atoms with E-state index >= 15 is 0 Å². The molecule has 0 aliphatic heterocycles. The second-order valence-corrected chi connectivity index (χ2v) is 13.3. The van der Waals surface area contributed by atoms with Crippen molar-refractivity contribution in [2.45, 2.75) is 58.5 Å². The van der Waals surface area contributed by atoms with Crippen molar-refractivity contribution in [1.82, 2.24) is 10.2 Å². The van der Waals surface area contributed by atoms with Crippen molar-refractivity contribution >= 4 is 27.5 Å². The largest absolute Gasteiger partial charge is 0.497 e. The van der Waals surface area contributed by atoms with Gasteiger partial charge in [0.2, 0.25) is 21.8 Å². The van der Waals surface area contributed by atoms with Crippen LogP contribution in [0.25, 0.3) is 0 Å². The van der Waals surface area contributed by atoms with Crippen molar-refractivity contribution in [3.8, 4) is 5.75 Å². The smallest absolute Gasteiger partial charge is 0.244 e. The lowest BCUT2D eigenvalue weighted by Gasteiger charge is -2.33. The molecule has 9 heteroatoms. The molecule has 0 saturated carbocycles. The summed E-state index contributed by atoms with van der Waals surface area (Å²) in [6, 6.07) is 23.1. The Bertz CT molecular complexity index is 1430. The van der Waals surface area contributed by atoms with Crippen LogP contribution >= 0.6 is 0 Å². The molecule has 0 radical (unpaired) electrons. The first-order valence-corrected chi connectivity index (χ1v) is 16.0. The number of nitrogens with zero attached hydrogens (tertiary/aromatic N) is 2. The van der Waals surface area contributed by atoms with E-state index in [2.05, 4.69) is 26.1 Å². The average Bonchev–Trinajstić information content (AvgIpc) is 2.96. The third-order valence-electron chi connectivity index (χ3n) is 7.01. The summed E-state index contributed by atoms with van der Waals surface area (Å²) in [4.78, 5) is 29.2. The van der Waals surface area contributed by atoms with Gasteiger partial charge in [-0.05, 0) is 52.8 Å². The molecule has 0 saturated heterocycles. The molecule has 226 valence electrons. The Morgan fingerprint density at radius 1 is 0.929 bits per heavy atom. The van der Waals surface area contributed by atoms with Crippen LogP contribution in [0.5, 0.6) is 5.75 Å². The number of hydrogen-bond donors (Lipinski definition) is 1. The van der Waals surface area contributed by atoms with Crippen LogP contribution in [0.3, 0.4) is 0 Å². The molecular formula is C33H43N3O5S. The van der Waals surface area contributed by atoms with Crippen molar-refractivity contribution in [1.29, 1.82) is 0 Å². The molecule has 3 aromatic carbocycles. The Balaban J connectivity index is 2.05. The number of nitrogens with one attached hydrogen (secondary N) is 1. The van der Waals surface area contributed by atoms with Gasteiger partial charge >= 0.3 is 0 Å². The molecule has 3 rings (SSSR count). The fraction of sp³-hybridized carbons (Fsp3) is 0.394. The number of ether oxygens (including phenoxy) is 1. The molecule has 0 aliphatic carbocycles. The molecular weight excluding hydrogens is 550 g/mol. The zero-order chi connectivity index (χ0) is 30.9. The van der Waals surface area contributed by atoms with E-state index in [-0.39, 0.29) is 24.3 Å². The maximum Gasteiger partial charge on any atom is 0.244 e. The van der Waals surface area contributed by atoms with E-state index in [1.165, 1.54) is 4.90 Å². The molecule has 0 fully saturated rings. The molecule has 0 aliphatic rings. The van der Waals surface area contributed by atoms with Gasteiger partial charge in [0.15, 0.2) is 0 Å². The molecule has 1 N–H and O–H groups in total. The Hall–Kier alpha value is -3.85. The van der Waals surface area contributed by atoms with Gasteiger partial charge in [-0.15, -0.1) is 0 Å². The first kappa shape index (κ1) is 32.7. The zero-order valence-corrected chi connectivity index (χ0v) is 26.3. The first-order valence-electron chi connectivity index (χ1n) is 14.2. The highest BCUT2D eigenvalue weighted by atomic mass is 32.2. The van der Waals surface area contributed by atoms with E-state index in [0.29, 0.717) is 18.0 Å². The van der Waals surface area contributed by atoms with Crippen molar-refractivity contribution in [2.75, 3.05) is 30.8 Å². The summed E-state index contributed by atoms with van der Waals surface area (Å²) in [6.07, 6.45) is 2.09. The van der Waals surface area contributed by atoms with Gasteiger partial charge in [-0.1, -0.05) is 82.3 Å². The maximum absolute atomic E-state index is 14.2. The Morgan fingerprint density at radius 3 is 2.14 bits per heavy atom. The molecule has 0 aromatic heterocycles. The minimum Gasteiger partial charge on any atom is -0.497 e. The SMILES string of the molecule is CCCNC(=O)C(Cc1ccccc1)N(Cc1cccc(OC)c1)C(=O)CN(c1ccc(C(C)(C)C)cc1)S(C)(=O)=O. The summed E-state index contributed by atoms with van der Waals surface area (Å²) in [6.45, 7) is 8.28. The lowest BCUT2D eigenvalue weighted by Crippen LogP contribution is -2.53. The van der Waals surface area contributed by atoms with Crippen LogP contribution in [0, 0.1) is 0 Å². The van der Waals surface area contributed by atoms with Gasteiger partial charge in [-0.25, -0.2) is 8.42 Å². The molecule has 42 heavy (non-hydrogen) atoms. The van der Waals surface area contributed by atoms with Gasteiger partial charge in [0.1, 0.15) is 18.3 Å². The molecule has 0 bridgehead atoms. The number of hydrogen-bond acceptors (Lipinski definition) is 5. The highest BCUT2D eigenvalue weighted by molar-refractivity contribution is 7.92. The second kappa shape index (κ2) is 14.4. The fourth-order valence-corrected chi connectivity index (χ4v) is 5.48. The van der Waals surface area contributed by atoms with Crippen LogP contribution in [0.1, 0.15) is 50.8 Å². The van der Waals surface area contributed by atoms with Crippen LogP contribution in [-0.2, 0) is 38.0 Å². The van der Waals surface area contributed by atoms with Crippen molar-refractivity contribution in [3.63, 3.8) is 0 Å². The Kier molecular flexibility index (Phi) is 11.2. The van der Waals surface area contributed by atoms with Crippen LogP contribution < -0.4 is 14.4 Å². The number of sulfonamides is 1. The summed E-state index contributed by atoms with van der Waals surface area (Å²) in [5.74, 6) is -0.167. The molecule has 2 amide bonds. The topological polar surface area (TPSA) is 96.0 Å². The van der Waals surface area contributed by atoms with Gasteiger partial charge in [-0.2, -0.15) is 0 Å². The maximum atomic E-state index is 14.2. The zero-order valence-electron chi connectivity index (χ0n) is 25.5. The summed E-state index contributed by atoms with van der Waals surface area (Å²) < 4.78 is 32.5. The molecule has 3 aromatic rings. The Morgan fingerprint density at radius 2 is 1.57 bits per heavy atom. The monoisotopic (exact) mass is 593 g/mol. The van der Waals surface area contributed by atoms with E-state index < -0.39 is 28.5 Å². The van der Waals surface area contributed by atoms with E-state index in [9.17, 15) is 18.0 Å². The minimum atomic E-state index is -3.83. The predicted molar refractivity (Wildman–Crippen MR) is 168 cm³/mol. The van der Waals surface area contributed by atoms with Gasteiger partial charge in [0.05, 0.1) is 19.1 Å². The van der Waals surface area contributed by atoms with Crippen LogP contribution in [0.15, 0.2) is 78.9 Å². The average molecular weight is 594 g/mol. The number of carbonyl (C=O) groups is 2. The predicted octanol–water partition coefficient (Wildman–Crippen LogP) is 4.93. The number of rotatable bonds is 13. The van der Waals surface area contributed by atoms with Crippen molar-refractivity contribution in [2.24, 2.45) is 0 Å². The van der Waals surface area contributed by atoms with Crippen molar-refractivity contribution < 1.29 is 22.7 Å². The van der Waals surface area contributed by atoms with E-state index in [1.807, 2.05) is 67.6 Å². The highest BCUT2D eigenvalue weighted by Crippen LogP contribution is 2.26. The molecule has 0 heterocycles. The van der Waals surface area contributed by atoms with Crippen LogP contribution in [-0.4, -0.2) is 57.6 Å². The second-order valence-electron chi connectivity index (χ2n) is 11.4. The summed E-state index contributed by atoms with van der Waals surface area (Å²) in [5.41, 5.74) is 2.95. The van der Waals surface area contributed by atoms with Crippen LogP contribution in [0.4, 0.5) is 5.69 Å². The number of carbonyl (C=O) groups excluding carboxylic acids is 2. The van der Waals surface area contributed by atoms with Crippen LogP contribution in [0.2, 0.25) is 0 Å². The van der Waals surface area contributed by atoms with E-state index in [1.54, 1.807) is 25.3 Å².